The lowest BCUT2D eigenvalue weighted by Gasteiger charge is -2.41. The fourth-order valence-electron chi connectivity index (χ4n) is 4.53. The molecular weight excluding hydrogens is 455 g/mol. The molecule has 6 heteroatoms. The molecule has 0 aromatic heterocycles. The van der Waals surface area contributed by atoms with E-state index in [0.717, 1.165) is 31.2 Å². The number of amides is 2. The van der Waals surface area contributed by atoms with Crippen LogP contribution in [0.3, 0.4) is 0 Å². The first kappa shape index (κ1) is 25.3. The monoisotopic (exact) mass is 486 g/mol. The van der Waals surface area contributed by atoms with Crippen molar-refractivity contribution in [3.63, 3.8) is 0 Å². The molecule has 1 aliphatic rings. The number of benzene rings is 2. The summed E-state index contributed by atoms with van der Waals surface area (Å²) >= 11 is 12.5. The normalized spacial score (nSPS) is 18.9. The van der Waals surface area contributed by atoms with Gasteiger partial charge in [0, 0.05) is 39.8 Å². The first-order valence-electron chi connectivity index (χ1n) is 11.4. The Morgan fingerprint density at radius 3 is 2.09 bits per heavy atom. The van der Waals surface area contributed by atoms with Crippen LogP contribution in [0.2, 0.25) is 10.0 Å². The number of hydrogen-bond donors (Lipinski definition) is 1. The van der Waals surface area contributed by atoms with Crippen LogP contribution in [0.5, 0.6) is 0 Å². The van der Waals surface area contributed by atoms with Crippen LogP contribution in [0.15, 0.2) is 48.5 Å². The highest BCUT2D eigenvalue weighted by Gasteiger charge is 2.33. The fourth-order valence-corrected chi connectivity index (χ4v) is 5.06. The van der Waals surface area contributed by atoms with Gasteiger partial charge in [0.25, 0.3) is 0 Å². The lowest BCUT2D eigenvalue weighted by Crippen LogP contribution is -2.42. The minimum Gasteiger partial charge on any atom is -0.366 e. The zero-order valence-electron chi connectivity index (χ0n) is 19.5. The van der Waals surface area contributed by atoms with Crippen LogP contribution < -0.4 is 5.73 Å². The van der Waals surface area contributed by atoms with Gasteiger partial charge in [-0.3, -0.25) is 9.59 Å². The number of carbonyl (C=O) groups is 2. The van der Waals surface area contributed by atoms with Gasteiger partial charge in [-0.05, 0) is 72.9 Å². The summed E-state index contributed by atoms with van der Waals surface area (Å²) in [6, 6.07) is 12.6. The smallest absolute Gasteiger partial charge is 0.248 e. The Kier molecular flexibility index (Phi) is 8.25. The molecule has 33 heavy (non-hydrogen) atoms. The minimum atomic E-state index is -0.463. The van der Waals surface area contributed by atoms with Crippen molar-refractivity contribution in [3.8, 4) is 0 Å². The van der Waals surface area contributed by atoms with Crippen LogP contribution in [-0.4, -0.2) is 22.8 Å². The second-order valence-corrected chi connectivity index (χ2v) is 10.7. The summed E-state index contributed by atoms with van der Waals surface area (Å²) in [5.41, 5.74) is 7.68. The molecule has 176 valence electrons. The molecule has 1 saturated carbocycles. The lowest BCUT2D eigenvalue weighted by atomic mass is 9.71. The number of nitrogens with zero attached hydrogens (tertiary/aromatic N) is 1. The number of carbonyl (C=O) groups excluding carboxylic acids is 2. The van der Waals surface area contributed by atoms with Gasteiger partial charge in [0.05, 0.1) is 0 Å². The molecule has 0 aliphatic heterocycles. The molecular formula is C27H32Cl2N2O2. The highest BCUT2D eigenvalue weighted by Crippen LogP contribution is 2.39. The van der Waals surface area contributed by atoms with Gasteiger partial charge >= 0.3 is 0 Å². The Bertz CT molecular complexity index is 997. The van der Waals surface area contributed by atoms with Crippen molar-refractivity contribution in [2.24, 2.45) is 17.1 Å². The molecule has 0 spiro atoms. The average Bonchev–Trinajstić information content (AvgIpc) is 2.77. The van der Waals surface area contributed by atoms with E-state index in [-0.39, 0.29) is 17.4 Å². The largest absolute Gasteiger partial charge is 0.366 e. The fraction of sp³-hybridized carbons (Fsp3) is 0.407. The van der Waals surface area contributed by atoms with Crippen molar-refractivity contribution in [1.82, 2.24) is 4.90 Å². The highest BCUT2D eigenvalue weighted by atomic mass is 35.5. The molecule has 0 bridgehead atoms. The summed E-state index contributed by atoms with van der Waals surface area (Å²) in [6.07, 6.45) is 7.37. The van der Waals surface area contributed by atoms with Gasteiger partial charge in [-0.25, -0.2) is 0 Å². The van der Waals surface area contributed by atoms with Crippen molar-refractivity contribution in [3.05, 3.63) is 75.3 Å². The lowest BCUT2D eigenvalue weighted by molar-refractivity contribution is -0.130. The maximum Gasteiger partial charge on any atom is 0.248 e. The summed E-state index contributed by atoms with van der Waals surface area (Å²) < 4.78 is 0. The van der Waals surface area contributed by atoms with Crippen LogP contribution in [0, 0.1) is 11.3 Å². The average molecular weight is 487 g/mol. The van der Waals surface area contributed by atoms with Crippen LogP contribution in [-0.2, 0) is 11.3 Å². The van der Waals surface area contributed by atoms with E-state index in [1.165, 1.54) is 0 Å². The molecule has 2 aromatic carbocycles. The SMILES string of the molecule is CC(C)(C)C1CCC(N(Cc2ccc(C(N)=O)cc2)C(=O)/C=C/c2c(Cl)cccc2Cl)CC1. The van der Waals surface area contributed by atoms with Crippen molar-refractivity contribution >= 4 is 41.1 Å². The summed E-state index contributed by atoms with van der Waals surface area (Å²) in [7, 11) is 0. The van der Waals surface area contributed by atoms with E-state index in [2.05, 4.69) is 20.8 Å². The molecule has 4 nitrogen and oxygen atoms in total. The zero-order valence-corrected chi connectivity index (χ0v) is 21.0. The van der Waals surface area contributed by atoms with E-state index >= 15 is 0 Å². The molecule has 0 unspecified atom stereocenters. The molecule has 3 rings (SSSR count). The molecule has 1 aliphatic carbocycles. The van der Waals surface area contributed by atoms with Gasteiger partial charge in [0.1, 0.15) is 0 Å². The third-order valence-electron chi connectivity index (χ3n) is 6.63. The Labute approximate surface area is 206 Å². The zero-order chi connectivity index (χ0) is 24.2. The van der Waals surface area contributed by atoms with E-state index in [1.807, 2.05) is 17.0 Å². The minimum absolute atomic E-state index is 0.0795. The molecule has 2 N–H and O–H groups in total. The number of hydrogen-bond acceptors (Lipinski definition) is 2. The van der Waals surface area contributed by atoms with Gasteiger partial charge in [0.15, 0.2) is 0 Å². The Morgan fingerprint density at radius 2 is 1.58 bits per heavy atom. The van der Waals surface area contributed by atoms with Gasteiger partial charge in [-0.2, -0.15) is 0 Å². The first-order chi connectivity index (χ1) is 15.6. The third-order valence-corrected chi connectivity index (χ3v) is 7.29. The van der Waals surface area contributed by atoms with E-state index < -0.39 is 5.91 Å². The Morgan fingerprint density at radius 1 is 1.00 bits per heavy atom. The summed E-state index contributed by atoms with van der Waals surface area (Å²) in [6.45, 7) is 7.33. The van der Waals surface area contributed by atoms with E-state index in [0.29, 0.717) is 33.6 Å². The second-order valence-electron chi connectivity index (χ2n) is 9.87. The molecule has 2 amide bonds. The van der Waals surface area contributed by atoms with Crippen molar-refractivity contribution < 1.29 is 9.59 Å². The second kappa shape index (κ2) is 10.8. The third kappa shape index (κ3) is 6.61. The van der Waals surface area contributed by atoms with Gasteiger partial charge in [-0.1, -0.05) is 62.2 Å². The highest BCUT2D eigenvalue weighted by molar-refractivity contribution is 6.37. The van der Waals surface area contributed by atoms with Crippen molar-refractivity contribution in [2.75, 3.05) is 0 Å². The predicted octanol–water partition coefficient (Wildman–Crippen LogP) is 6.74. The summed E-state index contributed by atoms with van der Waals surface area (Å²) in [4.78, 5) is 26.7. The standard InChI is InChI=1S/C27H32Cl2N2O2/c1-27(2,3)20-11-13-21(14-12-20)31(17-18-7-9-19(10-8-18)26(30)33)25(32)16-15-22-23(28)5-4-6-24(22)29/h4-10,15-16,20-21H,11-14,17H2,1-3H3,(H2,30,33)/b16-15+. The predicted molar refractivity (Wildman–Crippen MR) is 136 cm³/mol. The molecule has 0 saturated heterocycles. The molecule has 0 radical (unpaired) electrons. The molecule has 0 atom stereocenters. The van der Waals surface area contributed by atoms with E-state index in [9.17, 15) is 9.59 Å². The quantitative estimate of drug-likeness (QED) is 0.459. The maximum absolute atomic E-state index is 13.4. The number of rotatable bonds is 6. The summed E-state index contributed by atoms with van der Waals surface area (Å²) in [5, 5.41) is 1.01. The number of nitrogens with two attached hydrogens (primary N) is 1. The van der Waals surface area contributed by atoms with Gasteiger partial charge < -0.3 is 10.6 Å². The molecule has 0 heterocycles. The molecule has 2 aromatic rings. The van der Waals surface area contributed by atoms with Crippen LogP contribution >= 0.6 is 23.2 Å². The Hall–Kier alpha value is -2.30. The van der Waals surface area contributed by atoms with Crippen molar-refractivity contribution in [1.29, 1.82) is 0 Å². The van der Waals surface area contributed by atoms with Crippen LogP contribution in [0.25, 0.3) is 6.08 Å². The first-order valence-corrected chi connectivity index (χ1v) is 12.1. The molecule has 1 fully saturated rings. The Balaban J connectivity index is 1.82. The van der Waals surface area contributed by atoms with Gasteiger partial charge in [0.2, 0.25) is 11.8 Å². The summed E-state index contributed by atoms with van der Waals surface area (Å²) in [5.74, 6) is 0.108. The van der Waals surface area contributed by atoms with Gasteiger partial charge in [-0.15, -0.1) is 0 Å². The topological polar surface area (TPSA) is 63.4 Å². The van der Waals surface area contributed by atoms with Crippen LogP contribution in [0.1, 0.15) is 67.9 Å². The number of halogens is 2. The number of primary amides is 1. The van der Waals surface area contributed by atoms with E-state index in [4.69, 9.17) is 28.9 Å². The van der Waals surface area contributed by atoms with E-state index in [1.54, 1.807) is 42.5 Å². The van der Waals surface area contributed by atoms with Crippen LogP contribution in [0.4, 0.5) is 0 Å². The van der Waals surface area contributed by atoms with Crippen molar-refractivity contribution in [2.45, 2.75) is 59.0 Å². The maximum atomic E-state index is 13.4.